The predicted molar refractivity (Wildman–Crippen MR) is 91.5 cm³/mol. The molecular weight excluding hydrogens is 294 g/mol. The quantitative estimate of drug-likeness (QED) is 0.572. The molecule has 0 spiro atoms. The van der Waals surface area contributed by atoms with E-state index in [-0.39, 0.29) is 11.6 Å². The molecular formula is C19H22F2N2. The van der Waals surface area contributed by atoms with E-state index in [1.54, 1.807) is 12.4 Å². The first-order valence-corrected chi connectivity index (χ1v) is 7.69. The van der Waals surface area contributed by atoms with Crippen LogP contribution in [-0.4, -0.2) is 24.8 Å². The van der Waals surface area contributed by atoms with Gasteiger partial charge in [-0.1, -0.05) is 6.07 Å². The minimum absolute atomic E-state index is 0.275. The smallest absolute Gasteiger partial charge is 0.125 e. The molecule has 0 aliphatic heterocycles. The lowest BCUT2D eigenvalue weighted by molar-refractivity contribution is 0.552. The van der Waals surface area contributed by atoms with E-state index in [0.717, 1.165) is 28.8 Å². The maximum Gasteiger partial charge on any atom is 0.125 e. The summed E-state index contributed by atoms with van der Waals surface area (Å²) in [5.74, 6) is -0.603. The van der Waals surface area contributed by atoms with E-state index in [1.807, 2.05) is 32.7 Å². The monoisotopic (exact) mass is 316 g/mol. The molecule has 2 aromatic carbocycles. The lowest BCUT2D eigenvalue weighted by Crippen LogP contribution is -2.14. The summed E-state index contributed by atoms with van der Waals surface area (Å²) < 4.78 is 27.4. The zero-order chi connectivity index (χ0) is 17.0. The number of aliphatic imine (C=N–C) groups is 1. The highest BCUT2D eigenvalue weighted by Crippen LogP contribution is 2.26. The maximum absolute atomic E-state index is 13.9. The Balaban J connectivity index is 2.37. The molecule has 2 nitrogen and oxygen atoms in total. The molecule has 2 rings (SSSR count). The Hall–Kier alpha value is -2.23. The van der Waals surface area contributed by atoms with Crippen LogP contribution in [0.4, 0.5) is 14.5 Å². The second-order valence-electron chi connectivity index (χ2n) is 5.77. The van der Waals surface area contributed by atoms with E-state index < -0.39 is 0 Å². The van der Waals surface area contributed by atoms with Crippen molar-refractivity contribution >= 4 is 12.0 Å². The summed E-state index contributed by atoms with van der Waals surface area (Å²) >= 11 is 0. The average molecular weight is 316 g/mol. The van der Waals surface area contributed by atoms with Gasteiger partial charge in [0.05, 0.1) is 12.0 Å². The van der Waals surface area contributed by atoms with Gasteiger partial charge in [-0.2, -0.15) is 0 Å². The van der Waals surface area contributed by atoms with Gasteiger partial charge < -0.3 is 4.90 Å². The third-order valence-electron chi connectivity index (χ3n) is 4.04. The van der Waals surface area contributed by atoms with E-state index >= 15 is 0 Å². The molecule has 2 aromatic rings. The van der Waals surface area contributed by atoms with Crippen LogP contribution < -0.4 is 0 Å². The molecule has 0 aliphatic carbocycles. The number of benzene rings is 2. The second kappa shape index (κ2) is 7.36. The SMILES string of the molecule is CCN(C)/C=N/c1cc(F)cc(Cc2cc(F)ccc2C)c1C. The van der Waals surface area contributed by atoms with Crippen LogP contribution >= 0.6 is 0 Å². The number of hydrogen-bond donors (Lipinski definition) is 0. The van der Waals surface area contributed by atoms with Crippen molar-refractivity contribution in [2.24, 2.45) is 4.99 Å². The van der Waals surface area contributed by atoms with Crippen molar-refractivity contribution in [3.8, 4) is 0 Å². The Morgan fingerprint density at radius 3 is 2.43 bits per heavy atom. The fraction of sp³-hybridized carbons (Fsp3) is 0.316. The molecule has 0 aliphatic rings. The Morgan fingerprint density at radius 2 is 1.74 bits per heavy atom. The molecule has 23 heavy (non-hydrogen) atoms. The molecule has 0 heterocycles. The average Bonchev–Trinajstić information content (AvgIpc) is 2.52. The molecule has 0 saturated heterocycles. The third-order valence-corrected chi connectivity index (χ3v) is 4.04. The summed E-state index contributed by atoms with van der Waals surface area (Å²) in [7, 11) is 1.91. The maximum atomic E-state index is 13.9. The van der Waals surface area contributed by atoms with E-state index in [2.05, 4.69) is 4.99 Å². The number of rotatable bonds is 5. The Labute approximate surface area is 136 Å². The molecule has 4 heteroatoms. The van der Waals surface area contributed by atoms with Gasteiger partial charge in [0.15, 0.2) is 0 Å². The van der Waals surface area contributed by atoms with E-state index in [4.69, 9.17) is 0 Å². The third kappa shape index (κ3) is 4.38. The van der Waals surface area contributed by atoms with Crippen molar-refractivity contribution in [2.45, 2.75) is 27.2 Å². The summed E-state index contributed by atoms with van der Waals surface area (Å²) in [6.07, 6.45) is 2.18. The predicted octanol–water partition coefficient (Wildman–Crippen LogP) is 4.78. The molecule has 0 radical (unpaired) electrons. The lowest BCUT2D eigenvalue weighted by atomic mass is 9.96. The highest BCUT2D eigenvalue weighted by molar-refractivity contribution is 5.64. The second-order valence-corrected chi connectivity index (χ2v) is 5.77. The van der Waals surface area contributed by atoms with E-state index in [1.165, 1.54) is 24.3 Å². The van der Waals surface area contributed by atoms with Crippen LogP contribution in [0.15, 0.2) is 35.3 Å². The summed E-state index contributed by atoms with van der Waals surface area (Å²) in [4.78, 5) is 6.28. The van der Waals surface area contributed by atoms with Gasteiger partial charge in [-0.15, -0.1) is 0 Å². The Morgan fingerprint density at radius 1 is 1.04 bits per heavy atom. The van der Waals surface area contributed by atoms with Crippen LogP contribution in [0.3, 0.4) is 0 Å². The van der Waals surface area contributed by atoms with Crippen molar-refractivity contribution in [1.82, 2.24) is 4.90 Å². The fourth-order valence-electron chi connectivity index (χ4n) is 2.32. The highest BCUT2D eigenvalue weighted by Gasteiger charge is 2.10. The number of halogens is 2. The molecule has 0 unspecified atom stereocenters. The molecule has 0 amide bonds. The summed E-state index contributed by atoms with van der Waals surface area (Å²) in [5, 5.41) is 0. The summed E-state index contributed by atoms with van der Waals surface area (Å²) in [5.41, 5.74) is 4.19. The van der Waals surface area contributed by atoms with Crippen LogP contribution in [-0.2, 0) is 6.42 Å². The molecule has 122 valence electrons. The van der Waals surface area contributed by atoms with Gasteiger partial charge in [0.1, 0.15) is 11.6 Å². The zero-order valence-corrected chi connectivity index (χ0v) is 14.0. The van der Waals surface area contributed by atoms with Crippen LogP contribution in [0, 0.1) is 25.5 Å². The van der Waals surface area contributed by atoms with Crippen LogP contribution in [0.2, 0.25) is 0 Å². The Kier molecular flexibility index (Phi) is 5.48. The number of hydrogen-bond acceptors (Lipinski definition) is 1. The molecule has 0 atom stereocenters. The first-order valence-electron chi connectivity index (χ1n) is 7.69. The van der Waals surface area contributed by atoms with Crippen molar-refractivity contribution in [1.29, 1.82) is 0 Å². The van der Waals surface area contributed by atoms with Gasteiger partial charge in [-0.3, -0.25) is 0 Å². The topological polar surface area (TPSA) is 15.6 Å². The van der Waals surface area contributed by atoms with Gasteiger partial charge in [0, 0.05) is 13.6 Å². The largest absolute Gasteiger partial charge is 0.366 e. The summed E-state index contributed by atoms with van der Waals surface area (Å²) in [6, 6.07) is 7.62. The van der Waals surface area contributed by atoms with Crippen molar-refractivity contribution in [2.75, 3.05) is 13.6 Å². The first kappa shape index (κ1) is 17.1. The van der Waals surface area contributed by atoms with Gasteiger partial charge in [-0.25, -0.2) is 13.8 Å². The van der Waals surface area contributed by atoms with Gasteiger partial charge in [-0.05, 0) is 73.7 Å². The number of aryl methyl sites for hydroxylation is 1. The van der Waals surface area contributed by atoms with Crippen LogP contribution in [0.5, 0.6) is 0 Å². The number of nitrogens with zero attached hydrogens (tertiary/aromatic N) is 2. The minimum atomic E-state index is -0.328. The van der Waals surface area contributed by atoms with Crippen LogP contribution in [0.25, 0.3) is 0 Å². The molecule has 0 saturated carbocycles. The lowest BCUT2D eigenvalue weighted by Gasteiger charge is -2.13. The zero-order valence-electron chi connectivity index (χ0n) is 14.0. The molecule has 0 fully saturated rings. The van der Waals surface area contributed by atoms with Gasteiger partial charge in [0.25, 0.3) is 0 Å². The molecule has 0 N–H and O–H groups in total. The van der Waals surface area contributed by atoms with Crippen LogP contribution in [0.1, 0.15) is 29.2 Å². The van der Waals surface area contributed by atoms with E-state index in [0.29, 0.717) is 12.1 Å². The minimum Gasteiger partial charge on any atom is -0.366 e. The van der Waals surface area contributed by atoms with Gasteiger partial charge >= 0.3 is 0 Å². The van der Waals surface area contributed by atoms with Gasteiger partial charge in [0.2, 0.25) is 0 Å². The molecule has 0 aromatic heterocycles. The Bertz CT molecular complexity index is 724. The van der Waals surface area contributed by atoms with Crippen molar-refractivity contribution in [3.05, 3.63) is 64.2 Å². The standard InChI is InChI=1S/C19H22F2N2/c1-5-23(4)12-22-19-11-18(21)10-16(14(19)3)8-15-9-17(20)7-6-13(15)2/h6-7,9-12H,5,8H2,1-4H3/b22-12+. The fourth-order valence-corrected chi connectivity index (χ4v) is 2.32. The van der Waals surface area contributed by atoms with Crippen molar-refractivity contribution < 1.29 is 8.78 Å². The molecule has 0 bridgehead atoms. The first-order chi connectivity index (χ1) is 10.9. The normalized spacial score (nSPS) is 11.2. The van der Waals surface area contributed by atoms with Crippen molar-refractivity contribution in [3.63, 3.8) is 0 Å². The summed E-state index contributed by atoms with van der Waals surface area (Å²) in [6.45, 7) is 6.69. The highest BCUT2D eigenvalue weighted by atomic mass is 19.1. The van der Waals surface area contributed by atoms with E-state index in [9.17, 15) is 8.78 Å².